The number of aromatic nitrogens is 4. The first-order valence-corrected chi connectivity index (χ1v) is 5.36. The third-order valence-electron chi connectivity index (χ3n) is 2.55. The van der Waals surface area contributed by atoms with Crippen LogP contribution in [0.25, 0.3) is 5.65 Å². The molecular formula is C10H16N6O. The Bertz CT molecular complexity index is 596. The van der Waals surface area contributed by atoms with E-state index in [0.717, 1.165) is 0 Å². The van der Waals surface area contributed by atoms with E-state index in [1.54, 1.807) is 13.0 Å². The minimum atomic E-state index is -0.283. The minimum absolute atomic E-state index is 0.256. The molecule has 0 saturated carbocycles. The van der Waals surface area contributed by atoms with Crippen molar-refractivity contribution in [3.8, 4) is 0 Å². The van der Waals surface area contributed by atoms with E-state index < -0.39 is 0 Å². The molecule has 0 aliphatic rings. The third kappa shape index (κ3) is 2.14. The molecule has 2 aromatic heterocycles. The van der Waals surface area contributed by atoms with E-state index in [2.05, 4.69) is 20.5 Å². The Labute approximate surface area is 98.1 Å². The average molecular weight is 236 g/mol. The lowest BCUT2D eigenvalue weighted by molar-refractivity contribution is 0.576. The second kappa shape index (κ2) is 3.85. The summed E-state index contributed by atoms with van der Waals surface area (Å²) in [5.74, 6) is 1.24. The normalized spacial score (nSPS) is 12.0. The first-order chi connectivity index (χ1) is 7.93. The van der Waals surface area contributed by atoms with Crippen molar-refractivity contribution in [3.63, 3.8) is 0 Å². The van der Waals surface area contributed by atoms with Gasteiger partial charge < -0.3 is 11.1 Å². The second-order valence-electron chi connectivity index (χ2n) is 4.62. The van der Waals surface area contributed by atoms with Crippen LogP contribution in [0.4, 0.5) is 5.82 Å². The van der Waals surface area contributed by atoms with Gasteiger partial charge in [0.25, 0.3) is 0 Å². The number of nitrogens with two attached hydrogens (primary N) is 1. The van der Waals surface area contributed by atoms with Gasteiger partial charge in [-0.15, -0.1) is 0 Å². The van der Waals surface area contributed by atoms with Crippen molar-refractivity contribution in [2.24, 2.45) is 5.73 Å². The number of aromatic amines is 1. The molecule has 2 heterocycles. The van der Waals surface area contributed by atoms with Gasteiger partial charge in [0, 0.05) is 18.2 Å². The van der Waals surface area contributed by atoms with Crippen molar-refractivity contribution in [2.75, 3.05) is 11.9 Å². The molecule has 0 aromatic carbocycles. The van der Waals surface area contributed by atoms with E-state index in [-0.39, 0.29) is 11.2 Å². The molecule has 0 saturated heterocycles. The van der Waals surface area contributed by atoms with Crippen LogP contribution in [-0.4, -0.2) is 31.7 Å². The predicted octanol–water partition coefficient (Wildman–Crippen LogP) is -0.125. The van der Waals surface area contributed by atoms with Crippen molar-refractivity contribution in [1.82, 2.24) is 19.6 Å². The molecule has 0 unspecified atom stereocenters. The van der Waals surface area contributed by atoms with Gasteiger partial charge in [0.05, 0.1) is 0 Å². The average Bonchev–Trinajstić information content (AvgIpc) is 2.60. The number of anilines is 1. The highest BCUT2D eigenvalue weighted by molar-refractivity contribution is 5.50. The number of nitrogens with zero attached hydrogens (tertiary/aromatic N) is 3. The smallest absolute Gasteiger partial charge is 0.349 e. The summed E-state index contributed by atoms with van der Waals surface area (Å²) >= 11 is 0. The SMILES string of the molecule is Cc1nc(NC(C)(C)CN)cc2n[nH]c(=O)n12. The maximum Gasteiger partial charge on any atom is 0.349 e. The summed E-state index contributed by atoms with van der Waals surface area (Å²) < 4.78 is 1.42. The van der Waals surface area contributed by atoms with E-state index in [9.17, 15) is 4.79 Å². The molecule has 17 heavy (non-hydrogen) atoms. The molecule has 92 valence electrons. The zero-order valence-electron chi connectivity index (χ0n) is 10.1. The Morgan fingerprint density at radius 1 is 1.59 bits per heavy atom. The van der Waals surface area contributed by atoms with Gasteiger partial charge in [0.1, 0.15) is 11.6 Å². The highest BCUT2D eigenvalue weighted by atomic mass is 16.1. The maximum absolute atomic E-state index is 11.4. The molecule has 7 nitrogen and oxygen atoms in total. The topological polar surface area (TPSA) is 101 Å². The second-order valence-corrected chi connectivity index (χ2v) is 4.62. The summed E-state index contributed by atoms with van der Waals surface area (Å²) in [7, 11) is 0. The van der Waals surface area contributed by atoms with Crippen molar-refractivity contribution >= 4 is 11.5 Å². The molecule has 0 bridgehead atoms. The van der Waals surface area contributed by atoms with Gasteiger partial charge in [-0.3, -0.25) is 0 Å². The van der Waals surface area contributed by atoms with E-state index in [1.807, 2.05) is 13.8 Å². The van der Waals surface area contributed by atoms with Gasteiger partial charge in [-0.1, -0.05) is 0 Å². The fourth-order valence-corrected chi connectivity index (χ4v) is 1.56. The van der Waals surface area contributed by atoms with Crippen molar-refractivity contribution in [1.29, 1.82) is 0 Å². The molecule has 0 radical (unpaired) electrons. The molecule has 2 rings (SSSR count). The summed E-state index contributed by atoms with van der Waals surface area (Å²) in [4.78, 5) is 15.7. The van der Waals surface area contributed by atoms with Crippen LogP contribution in [0.1, 0.15) is 19.7 Å². The number of nitrogens with one attached hydrogen (secondary N) is 2. The molecule has 0 aliphatic heterocycles. The van der Waals surface area contributed by atoms with Crippen LogP contribution in [0.3, 0.4) is 0 Å². The minimum Gasteiger partial charge on any atom is -0.364 e. The van der Waals surface area contributed by atoms with Crippen LogP contribution < -0.4 is 16.7 Å². The molecule has 0 spiro atoms. The van der Waals surface area contributed by atoms with E-state index in [4.69, 9.17) is 5.73 Å². The number of hydrogen-bond donors (Lipinski definition) is 3. The Morgan fingerprint density at radius 3 is 2.94 bits per heavy atom. The molecule has 2 aromatic rings. The largest absolute Gasteiger partial charge is 0.364 e. The quantitative estimate of drug-likeness (QED) is 0.689. The Morgan fingerprint density at radius 2 is 2.29 bits per heavy atom. The lowest BCUT2D eigenvalue weighted by Crippen LogP contribution is -2.39. The van der Waals surface area contributed by atoms with Crippen LogP contribution in [0.15, 0.2) is 10.9 Å². The summed E-state index contributed by atoms with van der Waals surface area (Å²) in [6, 6.07) is 1.71. The number of rotatable bonds is 3. The van der Waals surface area contributed by atoms with Gasteiger partial charge >= 0.3 is 5.69 Å². The third-order valence-corrected chi connectivity index (χ3v) is 2.55. The maximum atomic E-state index is 11.4. The van der Waals surface area contributed by atoms with Gasteiger partial charge in [-0.2, -0.15) is 5.10 Å². The van der Waals surface area contributed by atoms with Crippen molar-refractivity contribution in [2.45, 2.75) is 26.3 Å². The zero-order valence-corrected chi connectivity index (χ0v) is 10.1. The molecule has 0 amide bonds. The standard InChI is InChI=1S/C10H16N6O/c1-6-12-7(13-10(2,3)5-11)4-8-14-15-9(17)16(6)8/h4,13H,5,11H2,1-3H3,(H,15,17). The monoisotopic (exact) mass is 236 g/mol. The van der Waals surface area contributed by atoms with Crippen molar-refractivity contribution in [3.05, 3.63) is 22.4 Å². The number of fused-ring (bicyclic) bond motifs is 1. The van der Waals surface area contributed by atoms with Gasteiger partial charge in [0.2, 0.25) is 0 Å². The van der Waals surface area contributed by atoms with Crippen LogP contribution in [-0.2, 0) is 0 Å². The highest BCUT2D eigenvalue weighted by Crippen LogP contribution is 2.13. The lowest BCUT2D eigenvalue weighted by Gasteiger charge is -2.24. The summed E-state index contributed by atoms with van der Waals surface area (Å²) in [6.07, 6.45) is 0. The highest BCUT2D eigenvalue weighted by Gasteiger charge is 2.16. The number of H-pyrrole nitrogens is 1. The van der Waals surface area contributed by atoms with Crippen LogP contribution in [0, 0.1) is 6.92 Å². The fraction of sp³-hybridized carbons (Fsp3) is 0.500. The van der Waals surface area contributed by atoms with Crippen molar-refractivity contribution < 1.29 is 0 Å². The first kappa shape index (κ1) is 11.6. The van der Waals surface area contributed by atoms with Gasteiger partial charge in [0.15, 0.2) is 5.65 Å². The van der Waals surface area contributed by atoms with Gasteiger partial charge in [-0.05, 0) is 20.8 Å². The van der Waals surface area contributed by atoms with Crippen LogP contribution >= 0.6 is 0 Å². The molecule has 0 aliphatic carbocycles. The molecule has 7 heteroatoms. The molecular weight excluding hydrogens is 220 g/mol. The predicted molar refractivity (Wildman–Crippen MR) is 65.1 cm³/mol. The molecule has 4 N–H and O–H groups in total. The number of hydrogen-bond acceptors (Lipinski definition) is 5. The number of aryl methyl sites for hydroxylation is 1. The Kier molecular flexibility index (Phi) is 2.62. The lowest BCUT2D eigenvalue weighted by atomic mass is 10.1. The van der Waals surface area contributed by atoms with E-state index in [0.29, 0.717) is 23.8 Å². The Balaban J connectivity index is 2.48. The summed E-state index contributed by atoms with van der Waals surface area (Å²) in [5.41, 5.74) is 5.64. The van der Waals surface area contributed by atoms with E-state index >= 15 is 0 Å². The first-order valence-electron chi connectivity index (χ1n) is 5.36. The van der Waals surface area contributed by atoms with Crippen LogP contribution in [0.2, 0.25) is 0 Å². The Hall–Kier alpha value is -1.89. The summed E-state index contributed by atoms with van der Waals surface area (Å²) in [6.45, 7) is 6.19. The van der Waals surface area contributed by atoms with Gasteiger partial charge in [-0.25, -0.2) is 19.3 Å². The zero-order chi connectivity index (χ0) is 12.6. The summed E-state index contributed by atoms with van der Waals surface area (Å²) in [5, 5.41) is 9.50. The molecule has 0 fully saturated rings. The van der Waals surface area contributed by atoms with Crippen LogP contribution in [0.5, 0.6) is 0 Å². The fourth-order valence-electron chi connectivity index (χ4n) is 1.56. The molecule has 0 atom stereocenters. The van der Waals surface area contributed by atoms with E-state index in [1.165, 1.54) is 4.40 Å².